The van der Waals surface area contributed by atoms with Gasteiger partial charge in [-0.3, -0.25) is 4.79 Å². The van der Waals surface area contributed by atoms with Gasteiger partial charge in [-0.05, 0) is 55.0 Å². The fourth-order valence-corrected chi connectivity index (χ4v) is 4.62. The smallest absolute Gasteiger partial charge is 0.227 e. The van der Waals surface area contributed by atoms with Crippen LogP contribution in [0.1, 0.15) is 24.6 Å². The lowest BCUT2D eigenvalue weighted by molar-refractivity contribution is -0.117. The maximum atomic E-state index is 12.9. The molecule has 1 amide bonds. The van der Waals surface area contributed by atoms with Gasteiger partial charge in [-0.2, -0.15) is 0 Å². The summed E-state index contributed by atoms with van der Waals surface area (Å²) >= 11 is 6.03. The van der Waals surface area contributed by atoms with Crippen LogP contribution in [0.2, 0.25) is 5.02 Å². The zero-order valence-electron chi connectivity index (χ0n) is 19.0. The zero-order valence-corrected chi connectivity index (χ0v) is 19.7. The molecule has 4 aromatic rings. The van der Waals surface area contributed by atoms with Crippen LogP contribution in [0.3, 0.4) is 0 Å². The standard InChI is InChI=1S/C27H26ClN3O3/c1-33-22-6-4-7-23(17-22)34-15-5-14-30-25-9-3-2-8-24(25)29-27(30)19-16-26(32)31(18-19)21-12-10-20(28)11-13-21/h2-4,6-13,17,19H,5,14-16,18H2,1H3/t19-/m1/s1. The first kappa shape index (κ1) is 22.3. The summed E-state index contributed by atoms with van der Waals surface area (Å²) in [5, 5.41) is 0.657. The highest BCUT2D eigenvalue weighted by Gasteiger charge is 2.34. The quantitative estimate of drug-likeness (QED) is 0.307. The number of imidazole rings is 1. The Labute approximate surface area is 203 Å². The Morgan fingerprint density at radius 3 is 2.65 bits per heavy atom. The fourth-order valence-electron chi connectivity index (χ4n) is 4.50. The van der Waals surface area contributed by atoms with Crippen molar-refractivity contribution in [3.63, 3.8) is 0 Å². The van der Waals surface area contributed by atoms with Gasteiger partial charge in [0.05, 0.1) is 24.8 Å². The number of ether oxygens (including phenoxy) is 2. The lowest BCUT2D eigenvalue weighted by Crippen LogP contribution is -2.24. The molecule has 0 bridgehead atoms. The van der Waals surface area contributed by atoms with E-state index in [4.69, 9.17) is 26.1 Å². The molecule has 34 heavy (non-hydrogen) atoms. The van der Waals surface area contributed by atoms with Crippen LogP contribution >= 0.6 is 11.6 Å². The highest BCUT2D eigenvalue weighted by Crippen LogP contribution is 2.33. The van der Waals surface area contributed by atoms with Crippen molar-refractivity contribution >= 4 is 34.2 Å². The number of anilines is 1. The zero-order chi connectivity index (χ0) is 23.5. The molecule has 0 saturated carbocycles. The number of carbonyl (C=O) groups is 1. The molecule has 1 atom stereocenters. The van der Waals surface area contributed by atoms with Gasteiger partial charge < -0.3 is 18.9 Å². The number of hydrogen-bond donors (Lipinski definition) is 0. The largest absolute Gasteiger partial charge is 0.497 e. The van der Waals surface area contributed by atoms with Crippen LogP contribution in [0.25, 0.3) is 11.0 Å². The minimum atomic E-state index is 0.0230. The number of amides is 1. The van der Waals surface area contributed by atoms with Crippen molar-refractivity contribution in [3.05, 3.63) is 83.6 Å². The van der Waals surface area contributed by atoms with Gasteiger partial charge in [-0.15, -0.1) is 0 Å². The number of fused-ring (bicyclic) bond motifs is 1. The van der Waals surface area contributed by atoms with Crippen molar-refractivity contribution in [2.45, 2.75) is 25.3 Å². The van der Waals surface area contributed by atoms with E-state index < -0.39 is 0 Å². The predicted molar refractivity (Wildman–Crippen MR) is 134 cm³/mol. The number of carbonyl (C=O) groups excluding carboxylic acids is 1. The van der Waals surface area contributed by atoms with Gasteiger partial charge in [0, 0.05) is 42.2 Å². The Balaban J connectivity index is 1.33. The Kier molecular flexibility index (Phi) is 6.41. The Morgan fingerprint density at radius 2 is 1.82 bits per heavy atom. The number of nitrogens with zero attached hydrogens (tertiary/aromatic N) is 3. The van der Waals surface area contributed by atoms with Crippen LogP contribution in [-0.4, -0.2) is 35.7 Å². The van der Waals surface area contributed by atoms with Crippen molar-refractivity contribution in [2.75, 3.05) is 25.2 Å². The highest BCUT2D eigenvalue weighted by atomic mass is 35.5. The Bertz CT molecular complexity index is 1300. The van der Waals surface area contributed by atoms with Gasteiger partial charge in [0.1, 0.15) is 17.3 Å². The summed E-state index contributed by atoms with van der Waals surface area (Å²) in [6.45, 7) is 1.93. The van der Waals surface area contributed by atoms with Gasteiger partial charge in [0.25, 0.3) is 0 Å². The summed E-state index contributed by atoms with van der Waals surface area (Å²) < 4.78 is 13.4. The minimum Gasteiger partial charge on any atom is -0.497 e. The maximum Gasteiger partial charge on any atom is 0.227 e. The second kappa shape index (κ2) is 9.77. The third kappa shape index (κ3) is 4.59. The first-order valence-electron chi connectivity index (χ1n) is 11.4. The molecule has 0 aliphatic carbocycles. The van der Waals surface area contributed by atoms with Crippen molar-refractivity contribution in [1.29, 1.82) is 0 Å². The number of para-hydroxylation sites is 2. The summed E-state index contributed by atoms with van der Waals surface area (Å²) in [4.78, 5) is 19.6. The molecular formula is C27H26ClN3O3. The van der Waals surface area contributed by atoms with Crippen LogP contribution in [0.4, 0.5) is 5.69 Å². The van der Waals surface area contributed by atoms with E-state index in [1.54, 1.807) is 7.11 Å². The van der Waals surface area contributed by atoms with Crippen LogP contribution < -0.4 is 14.4 Å². The molecule has 1 saturated heterocycles. The molecule has 0 N–H and O–H groups in total. The molecule has 1 fully saturated rings. The van der Waals surface area contributed by atoms with E-state index in [0.29, 0.717) is 24.6 Å². The number of aromatic nitrogens is 2. The van der Waals surface area contributed by atoms with Gasteiger partial charge in [-0.25, -0.2) is 4.98 Å². The van der Waals surface area contributed by atoms with Gasteiger partial charge >= 0.3 is 0 Å². The van der Waals surface area contributed by atoms with E-state index in [2.05, 4.69) is 10.6 Å². The first-order chi connectivity index (χ1) is 16.6. The first-order valence-corrected chi connectivity index (χ1v) is 11.8. The van der Waals surface area contributed by atoms with Gasteiger partial charge in [-0.1, -0.05) is 29.8 Å². The molecule has 174 valence electrons. The minimum absolute atomic E-state index is 0.0230. The lowest BCUT2D eigenvalue weighted by atomic mass is 10.1. The summed E-state index contributed by atoms with van der Waals surface area (Å²) in [6.07, 6.45) is 1.25. The van der Waals surface area contributed by atoms with E-state index in [1.165, 1.54) is 0 Å². The van der Waals surface area contributed by atoms with Crippen LogP contribution in [0, 0.1) is 0 Å². The normalized spacial score (nSPS) is 15.8. The monoisotopic (exact) mass is 475 g/mol. The van der Waals surface area contributed by atoms with Crippen LogP contribution in [-0.2, 0) is 11.3 Å². The van der Waals surface area contributed by atoms with E-state index >= 15 is 0 Å². The molecule has 6 nitrogen and oxygen atoms in total. The number of rotatable bonds is 8. The summed E-state index contributed by atoms with van der Waals surface area (Å²) in [5.41, 5.74) is 2.89. The number of benzene rings is 3. The van der Waals surface area contributed by atoms with Crippen molar-refractivity contribution in [3.8, 4) is 11.5 Å². The molecular weight excluding hydrogens is 450 g/mol. The molecule has 5 rings (SSSR count). The Hall–Kier alpha value is -3.51. The van der Waals surface area contributed by atoms with E-state index in [-0.39, 0.29) is 11.8 Å². The molecule has 1 aliphatic rings. The average Bonchev–Trinajstić information content (AvgIpc) is 3.43. The molecule has 3 aromatic carbocycles. The third-order valence-electron chi connectivity index (χ3n) is 6.15. The van der Waals surface area contributed by atoms with Crippen LogP contribution in [0.15, 0.2) is 72.8 Å². The fraction of sp³-hybridized carbons (Fsp3) is 0.259. The van der Waals surface area contributed by atoms with Gasteiger partial charge in [0.15, 0.2) is 0 Å². The SMILES string of the molecule is COc1cccc(OCCCn2c([C@@H]3CC(=O)N(c4ccc(Cl)cc4)C3)nc3ccccc32)c1. The van der Waals surface area contributed by atoms with E-state index in [9.17, 15) is 4.79 Å². The summed E-state index contributed by atoms with van der Waals surface area (Å²) in [6, 6.07) is 23.2. The average molecular weight is 476 g/mol. The van der Waals surface area contributed by atoms with Crippen LogP contribution in [0.5, 0.6) is 11.5 Å². The van der Waals surface area contributed by atoms with Crippen molar-refractivity contribution < 1.29 is 14.3 Å². The molecule has 7 heteroatoms. The van der Waals surface area contributed by atoms with Crippen molar-refractivity contribution in [1.82, 2.24) is 9.55 Å². The number of halogens is 1. The second-order valence-electron chi connectivity index (χ2n) is 8.37. The highest BCUT2D eigenvalue weighted by molar-refractivity contribution is 6.30. The van der Waals surface area contributed by atoms with Gasteiger partial charge in [0.2, 0.25) is 5.91 Å². The topological polar surface area (TPSA) is 56.6 Å². The number of aryl methyl sites for hydroxylation is 1. The van der Waals surface area contributed by atoms with E-state index in [0.717, 1.165) is 47.0 Å². The maximum absolute atomic E-state index is 12.9. The molecule has 0 unspecified atom stereocenters. The molecule has 1 aliphatic heterocycles. The molecule has 0 radical (unpaired) electrons. The molecule has 0 spiro atoms. The number of hydrogen-bond acceptors (Lipinski definition) is 4. The Morgan fingerprint density at radius 1 is 1.03 bits per heavy atom. The number of methoxy groups -OCH3 is 1. The van der Waals surface area contributed by atoms with E-state index in [1.807, 2.05) is 71.6 Å². The van der Waals surface area contributed by atoms with Crippen molar-refractivity contribution in [2.24, 2.45) is 0 Å². The molecule has 2 heterocycles. The summed E-state index contributed by atoms with van der Waals surface area (Å²) in [5.74, 6) is 2.64. The lowest BCUT2D eigenvalue weighted by Gasteiger charge is -2.17. The summed E-state index contributed by atoms with van der Waals surface area (Å²) in [7, 11) is 1.65. The molecule has 1 aromatic heterocycles. The second-order valence-corrected chi connectivity index (χ2v) is 8.81. The third-order valence-corrected chi connectivity index (χ3v) is 6.40. The predicted octanol–water partition coefficient (Wildman–Crippen LogP) is 5.69.